The highest BCUT2D eigenvalue weighted by molar-refractivity contribution is 7.99. The lowest BCUT2D eigenvalue weighted by atomic mass is 9.99. The second-order valence-electron chi connectivity index (χ2n) is 9.41. The largest absolute Gasteiger partial charge is 0.394 e. The first-order chi connectivity index (χ1) is 16.0. The van der Waals surface area contributed by atoms with Gasteiger partial charge in [0.05, 0.1) is 13.2 Å². The van der Waals surface area contributed by atoms with Gasteiger partial charge in [-0.3, -0.25) is 0 Å². The summed E-state index contributed by atoms with van der Waals surface area (Å²) < 4.78 is 10.9. The molecule has 33 heavy (non-hydrogen) atoms. The van der Waals surface area contributed by atoms with E-state index in [2.05, 4.69) is 13.5 Å². The Morgan fingerprint density at radius 1 is 0.788 bits per heavy atom. The van der Waals surface area contributed by atoms with Crippen LogP contribution in [0.1, 0.15) is 96.8 Å². The Labute approximate surface area is 206 Å². The zero-order valence-corrected chi connectivity index (χ0v) is 21.7. The predicted molar refractivity (Wildman–Crippen MR) is 136 cm³/mol. The van der Waals surface area contributed by atoms with Gasteiger partial charge in [-0.25, -0.2) is 0 Å². The lowest BCUT2D eigenvalue weighted by Crippen LogP contribution is -2.59. The van der Waals surface area contributed by atoms with Crippen LogP contribution < -0.4 is 0 Å². The minimum atomic E-state index is -1.41. The number of aliphatic hydroxyl groups excluding tert-OH is 4. The van der Waals surface area contributed by atoms with Gasteiger partial charge in [0.1, 0.15) is 24.4 Å². The van der Waals surface area contributed by atoms with Crippen LogP contribution in [0.3, 0.4) is 0 Å². The fourth-order valence-electron chi connectivity index (χ4n) is 4.06. The molecule has 0 unspecified atom stereocenters. The van der Waals surface area contributed by atoms with E-state index in [0.717, 1.165) is 17.1 Å². The van der Waals surface area contributed by atoms with E-state index in [-0.39, 0.29) is 6.61 Å². The van der Waals surface area contributed by atoms with E-state index in [1.165, 1.54) is 89.9 Å². The minimum Gasteiger partial charge on any atom is -0.394 e. The van der Waals surface area contributed by atoms with Crippen LogP contribution in [0.5, 0.6) is 0 Å². The van der Waals surface area contributed by atoms with Gasteiger partial charge in [0, 0.05) is 5.75 Å². The number of hydrogen-bond donors (Lipinski definition) is 4. The molecule has 0 saturated carbocycles. The smallest absolute Gasteiger partial charge is 0.187 e. The standard InChI is InChI=1S/C26H50O6S/c1-3-4-5-6-7-8-9-10-11-12-13-14-15-16-17-33-20-21(2)19-31-26-25(30)24(29)23(28)22(18-27)32-26/h22-30H,2-20H2,1H3/t22-,23-,24+,25-,26+/m1/s1. The molecule has 1 aliphatic rings. The lowest BCUT2D eigenvalue weighted by molar-refractivity contribution is -0.298. The number of hydrogen-bond acceptors (Lipinski definition) is 7. The average Bonchev–Trinajstić information content (AvgIpc) is 2.82. The topological polar surface area (TPSA) is 99.4 Å². The molecule has 0 aromatic heterocycles. The van der Waals surface area contributed by atoms with Gasteiger partial charge in [-0.2, -0.15) is 11.8 Å². The van der Waals surface area contributed by atoms with Crippen LogP contribution >= 0.6 is 11.8 Å². The van der Waals surface area contributed by atoms with Crippen molar-refractivity contribution in [2.45, 2.75) is 128 Å². The molecule has 196 valence electrons. The average molecular weight is 491 g/mol. The molecular weight excluding hydrogens is 440 g/mol. The highest BCUT2D eigenvalue weighted by atomic mass is 32.2. The number of rotatable bonds is 21. The second-order valence-corrected chi connectivity index (χ2v) is 10.5. The highest BCUT2D eigenvalue weighted by Crippen LogP contribution is 2.23. The zero-order valence-electron chi connectivity index (χ0n) is 20.8. The van der Waals surface area contributed by atoms with Gasteiger partial charge in [0.2, 0.25) is 0 Å². The summed E-state index contributed by atoms with van der Waals surface area (Å²) in [4.78, 5) is 0. The van der Waals surface area contributed by atoms with Crippen molar-refractivity contribution in [1.29, 1.82) is 0 Å². The van der Waals surface area contributed by atoms with E-state index in [1.54, 1.807) is 0 Å². The summed E-state index contributed by atoms with van der Waals surface area (Å²) in [5.74, 6) is 1.87. The van der Waals surface area contributed by atoms with Crippen molar-refractivity contribution >= 4 is 11.8 Å². The van der Waals surface area contributed by atoms with Crippen molar-refractivity contribution in [2.75, 3.05) is 24.7 Å². The van der Waals surface area contributed by atoms with Crippen molar-refractivity contribution < 1.29 is 29.9 Å². The van der Waals surface area contributed by atoms with Crippen LogP contribution in [0.2, 0.25) is 0 Å². The Morgan fingerprint density at radius 3 is 1.82 bits per heavy atom. The number of aliphatic hydroxyl groups is 4. The SMILES string of the molecule is C=C(CO[C@H]1O[C@H](CO)[C@@H](O)[C@H](O)[C@H]1O)CSCCCCCCCCCCCCCCCC. The van der Waals surface area contributed by atoms with Crippen LogP contribution in [0, 0.1) is 0 Å². The Hall–Kier alpha value is -0.150. The van der Waals surface area contributed by atoms with E-state index in [4.69, 9.17) is 9.47 Å². The first-order valence-corrected chi connectivity index (χ1v) is 14.3. The molecule has 1 rings (SSSR count). The van der Waals surface area contributed by atoms with Gasteiger partial charge >= 0.3 is 0 Å². The summed E-state index contributed by atoms with van der Waals surface area (Å²) in [5, 5.41) is 38.8. The molecule has 0 bridgehead atoms. The summed E-state index contributed by atoms with van der Waals surface area (Å²) in [6.07, 6.45) is 12.9. The third kappa shape index (κ3) is 14.1. The van der Waals surface area contributed by atoms with Crippen molar-refractivity contribution in [3.8, 4) is 0 Å². The Kier molecular flexibility index (Phi) is 18.8. The number of ether oxygens (including phenoxy) is 2. The predicted octanol–water partition coefficient (Wildman–Crippen LogP) is 4.57. The van der Waals surface area contributed by atoms with E-state index >= 15 is 0 Å². The van der Waals surface area contributed by atoms with E-state index in [1.807, 2.05) is 11.8 Å². The minimum absolute atomic E-state index is 0.203. The fraction of sp³-hybridized carbons (Fsp3) is 0.923. The van der Waals surface area contributed by atoms with Crippen molar-refractivity contribution in [3.05, 3.63) is 12.2 Å². The molecule has 0 aromatic carbocycles. The van der Waals surface area contributed by atoms with E-state index in [9.17, 15) is 20.4 Å². The van der Waals surface area contributed by atoms with Crippen LogP contribution in [0.15, 0.2) is 12.2 Å². The van der Waals surface area contributed by atoms with Crippen LogP contribution in [0.4, 0.5) is 0 Å². The lowest BCUT2D eigenvalue weighted by Gasteiger charge is -2.39. The molecule has 5 atom stereocenters. The molecule has 1 aliphatic heterocycles. The van der Waals surface area contributed by atoms with Gasteiger partial charge in [0.25, 0.3) is 0 Å². The fourth-order valence-corrected chi connectivity index (χ4v) is 4.99. The van der Waals surface area contributed by atoms with Crippen LogP contribution in [0.25, 0.3) is 0 Å². The maximum atomic E-state index is 9.98. The maximum absolute atomic E-state index is 9.98. The quantitative estimate of drug-likeness (QED) is 0.138. The number of unbranched alkanes of at least 4 members (excludes halogenated alkanes) is 13. The molecule has 7 heteroatoms. The molecule has 6 nitrogen and oxygen atoms in total. The highest BCUT2D eigenvalue weighted by Gasteiger charge is 2.43. The van der Waals surface area contributed by atoms with E-state index < -0.39 is 37.3 Å². The summed E-state index contributed by atoms with van der Waals surface area (Å²) in [7, 11) is 0. The third-order valence-corrected chi connectivity index (χ3v) is 7.44. The molecule has 1 fully saturated rings. The molecule has 0 amide bonds. The van der Waals surface area contributed by atoms with Crippen molar-refractivity contribution in [3.63, 3.8) is 0 Å². The molecule has 0 aliphatic carbocycles. The molecular formula is C26H50O6S. The first kappa shape index (κ1) is 30.9. The zero-order chi connectivity index (χ0) is 24.3. The van der Waals surface area contributed by atoms with Crippen molar-refractivity contribution in [2.24, 2.45) is 0 Å². The molecule has 1 saturated heterocycles. The molecule has 4 N–H and O–H groups in total. The van der Waals surface area contributed by atoms with Gasteiger partial charge in [-0.05, 0) is 17.7 Å². The normalized spacial score (nSPS) is 25.4. The van der Waals surface area contributed by atoms with Gasteiger partial charge in [-0.15, -0.1) is 0 Å². The van der Waals surface area contributed by atoms with Crippen molar-refractivity contribution in [1.82, 2.24) is 0 Å². The maximum Gasteiger partial charge on any atom is 0.187 e. The van der Waals surface area contributed by atoms with Crippen LogP contribution in [-0.2, 0) is 9.47 Å². The second kappa shape index (κ2) is 20.1. The van der Waals surface area contributed by atoms with Gasteiger partial charge in [0.15, 0.2) is 6.29 Å². The Balaban J connectivity index is 1.90. The molecule has 0 aromatic rings. The summed E-state index contributed by atoms with van der Waals surface area (Å²) >= 11 is 1.83. The van der Waals surface area contributed by atoms with Gasteiger partial charge < -0.3 is 29.9 Å². The summed E-state index contributed by atoms with van der Waals surface area (Å²) in [5.41, 5.74) is 0.877. The molecule has 0 radical (unpaired) electrons. The molecule has 1 heterocycles. The van der Waals surface area contributed by atoms with E-state index in [0.29, 0.717) is 0 Å². The van der Waals surface area contributed by atoms with Crippen LogP contribution in [-0.4, -0.2) is 75.9 Å². The number of thioether (sulfide) groups is 1. The summed E-state index contributed by atoms with van der Waals surface area (Å²) in [6.45, 7) is 6.01. The third-order valence-electron chi connectivity index (χ3n) is 6.25. The monoisotopic (exact) mass is 490 g/mol. The summed E-state index contributed by atoms with van der Waals surface area (Å²) in [6, 6.07) is 0. The Morgan fingerprint density at radius 2 is 1.30 bits per heavy atom. The first-order valence-electron chi connectivity index (χ1n) is 13.2. The molecule has 0 spiro atoms. The Bertz CT molecular complexity index is 476. The van der Waals surface area contributed by atoms with Gasteiger partial charge in [-0.1, -0.05) is 97.0 Å².